The van der Waals surface area contributed by atoms with Crippen LogP contribution in [0.2, 0.25) is 0 Å². The average Bonchev–Trinajstić information content (AvgIpc) is 2.43. The highest BCUT2D eigenvalue weighted by Gasteiger charge is 2.20. The fraction of sp³-hybridized carbons (Fsp3) is 0. The smallest absolute Gasteiger partial charge is 0.337 e. The van der Waals surface area contributed by atoms with Gasteiger partial charge in [-0.25, -0.2) is 27.3 Å². The number of nitrogens with one attached hydrogen (secondary N) is 1. The predicted octanol–water partition coefficient (Wildman–Crippen LogP) is 2.66. The summed E-state index contributed by atoms with van der Waals surface area (Å²) in [5.41, 5.74) is 3.66. The van der Waals surface area contributed by atoms with Crippen molar-refractivity contribution in [3.8, 4) is 0 Å². The van der Waals surface area contributed by atoms with Gasteiger partial charge in [0.1, 0.15) is 11.5 Å². The molecule has 0 saturated heterocycles. The average molecular weight is 301 g/mol. The van der Waals surface area contributed by atoms with E-state index in [2.05, 4.69) is 4.98 Å². The Morgan fingerprint density at radius 1 is 1.14 bits per heavy atom. The lowest BCUT2D eigenvalue weighted by Gasteiger charge is -2.10. The van der Waals surface area contributed by atoms with Crippen molar-refractivity contribution >= 4 is 23.2 Å². The number of aromatic carboxylic acids is 1. The van der Waals surface area contributed by atoms with Gasteiger partial charge in [0.05, 0.1) is 17.4 Å². The molecule has 5 nitrogen and oxygen atoms in total. The number of aromatic nitrogens is 1. The summed E-state index contributed by atoms with van der Waals surface area (Å²) >= 11 is 0. The van der Waals surface area contributed by atoms with Crippen LogP contribution in [-0.2, 0) is 0 Å². The Labute approximate surface area is 115 Å². The minimum atomic E-state index is -1.66. The molecule has 110 valence electrons. The van der Waals surface area contributed by atoms with Crippen LogP contribution in [0.5, 0.6) is 0 Å². The van der Waals surface area contributed by atoms with E-state index in [-0.39, 0.29) is 23.1 Å². The zero-order chi connectivity index (χ0) is 15.7. The molecule has 0 fully saturated rings. The number of pyridine rings is 1. The van der Waals surface area contributed by atoms with Crippen molar-refractivity contribution in [2.75, 3.05) is 11.1 Å². The third-order valence-electron chi connectivity index (χ3n) is 2.53. The van der Waals surface area contributed by atoms with Crippen LogP contribution in [0.25, 0.3) is 0 Å². The van der Waals surface area contributed by atoms with Crippen LogP contribution in [0.3, 0.4) is 0 Å². The molecule has 0 aliphatic rings. The molecule has 0 aliphatic heterocycles. The lowest BCUT2D eigenvalue weighted by Crippen LogP contribution is -2.07. The van der Waals surface area contributed by atoms with Crippen molar-refractivity contribution in [3.63, 3.8) is 0 Å². The van der Waals surface area contributed by atoms with Crippen molar-refractivity contribution in [2.24, 2.45) is 0 Å². The maximum absolute atomic E-state index is 13.5. The Balaban J connectivity index is 2.48. The molecule has 0 spiro atoms. The molecule has 0 amide bonds. The number of benzene rings is 1. The zero-order valence-corrected chi connectivity index (χ0v) is 10.1. The largest absolute Gasteiger partial charge is 0.478 e. The molecule has 21 heavy (non-hydrogen) atoms. The van der Waals surface area contributed by atoms with Gasteiger partial charge in [-0.3, -0.25) is 0 Å². The predicted molar refractivity (Wildman–Crippen MR) is 65.2 cm³/mol. The highest BCUT2D eigenvalue weighted by atomic mass is 19.2. The molecule has 2 rings (SSSR count). The van der Waals surface area contributed by atoms with E-state index < -0.39 is 34.9 Å². The molecule has 9 heteroatoms. The van der Waals surface area contributed by atoms with Gasteiger partial charge in [-0.05, 0) is 6.07 Å². The molecule has 1 heterocycles. The van der Waals surface area contributed by atoms with Gasteiger partial charge in [-0.2, -0.15) is 0 Å². The van der Waals surface area contributed by atoms with Crippen LogP contribution in [0, 0.1) is 23.3 Å². The van der Waals surface area contributed by atoms with Crippen molar-refractivity contribution < 1.29 is 27.5 Å². The molecular formula is C12H7F4N3O2. The first-order chi connectivity index (χ1) is 9.81. The first-order valence-electron chi connectivity index (χ1n) is 5.40. The number of nitrogens with zero attached hydrogens (tertiary/aromatic N) is 1. The number of rotatable bonds is 3. The summed E-state index contributed by atoms with van der Waals surface area (Å²) in [7, 11) is 0. The number of hydrogen-bond donors (Lipinski definition) is 3. The molecule has 0 radical (unpaired) electrons. The fourth-order valence-electron chi connectivity index (χ4n) is 1.53. The monoisotopic (exact) mass is 301 g/mol. The molecule has 1 aromatic heterocycles. The van der Waals surface area contributed by atoms with Gasteiger partial charge in [0.15, 0.2) is 23.3 Å². The van der Waals surface area contributed by atoms with E-state index in [0.717, 1.165) is 12.3 Å². The van der Waals surface area contributed by atoms with Crippen LogP contribution in [-0.4, -0.2) is 16.1 Å². The maximum Gasteiger partial charge on any atom is 0.337 e. The SMILES string of the molecule is Nc1cnc(Nc2c(F)c(F)cc(F)c2F)cc1C(=O)O. The Kier molecular flexibility index (Phi) is 3.66. The summed E-state index contributed by atoms with van der Waals surface area (Å²) in [6.07, 6.45) is 0.928. The maximum atomic E-state index is 13.5. The van der Waals surface area contributed by atoms with Gasteiger partial charge in [0, 0.05) is 6.07 Å². The number of carboxylic acids is 1. The van der Waals surface area contributed by atoms with E-state index in [9.17, 15) is 22.4 Å². The second kappa shape index (κ2) is 5.27. The third kappa shape index (κ3) is 2.71. The minimum Gasteiger partial charge on any atom is -0.478 e. The van der Waals surface area contributed by atoms with Crippen LogP contribution < -0.4 is 11.1 Å². The standard InChI is InChI=1S/C12H7F4N3O2/c13-5-2-6(14)10(16)11(9(5)15)19-8-1-4(12(20)21)7(17)3-18-8/h1-3H,17H2,(H,18,19)(H,20,21). The van der Waals surface area contributed by atoms with E-state index in [4.69, 9.17) is 10.8 Å². The second-order valence-corrected chi connectivity index (χ2v) is 3.93. The quantitative estimate of drug-likeness (QED) is 0.599. The van der Waals surface area contributed by atoms with Gasteiger partial charge >= 0.3 is 5.97 Å². The highest BCUT2D eigenvalue weighted by molar-refractivity contribution is 5.94. The van der Waals surface area contributed by atoms with Gasteiger partial charge in [-0.1, -0.05) is 0 Å². The number of nitrogens with two attached hydrogens (primary N) is 1. The molecular weight excluding hydrogens is 294 g/mol. The number of nitrogen functional groups attached to an aromatic ring is 1. The second-order valence-electron chi connectivity index (χ2n) is 3.93. The molecule has 0 aliphatic carbocycles. The van der Waals surface area contributed by atoms with E-state index >= 15 is 0 Å². The van der Waals surface area contributed by atoms with E-state index in [1.807, 2.05) is 5.32 Å². The van der Waals surface area contributed by atoms with Gasteiger partial charge < -0.3 is 16.2 Å². The number of carbonyl (C=O) groups is 1. The molecule has 0 saturated carbocycles. The summed E-state index contributed by atoms with van der Waals surface area (Å²) in [5.74, 6) is -8.28. The van der Waals surface area contributed by atoms with Gasteiger partial charge in [-0.15, -0.1) is 0 Å². The zero-order valence-electron chi connectivity index (χ0n) is 10.1. The number of hydrogen-bond acceptors (Lipinski definition) is 4. The number of halogens is 4. The van der Waals surface area contributed by atoms with E-state index in [0.29, 0.717) is 0 Å². The molecule has 4 N–H and O–H groups in total. The first kappa shape index (κ1) is 14.6. The summed E-state index contributed by atoms with van der Waals surface area (Å²) in [5, 5.41) is 10.8. The molecule has 2 aromatic rings. The molecule has 0 bridgehead atoms. The van der Waals surface area contributed by atoms with Crippen LogP contribution >= 0.6 is 0 Å². The minimum absolute atomic E-state index is 0.0505. The van der Waals surface area contributed by atoms with Gasteiger partial charge in [0.25, 0.3) is 0 Å². The Morgan fingerprint density at radius 3 is 2.24 bits per heavy atom. The summed E-state index contributed by atoms with van der Waals surface area (Å²) in [6, 6.07) is 0.925. The molecule has 0 atom stereocenters. The van der Waals surface area contributed by atoms with Crippen molar-refractivity contribution in [3.05, 3.63) is 47.2 Å². The molecule has 0 unspecified atom stereocenters. The van der Waals surface area contributed by atoms with Crippen molar-refractivity contribution in [1.29, 1.82) is 0 Å². The van der Waals surface area contributed by atoms with Crippen molar-refractivity contribution in [2.45, 2.75) is 0 Å². The Hall–Kier alpha value is -2.84. The summed E-state index contributed by atoms with van der Waals surface area (Å²) in [6.45, 7) is 0. The topological polar surface area (TPSA) is 88.2 Å². The Bertz CT molecular complexity index is 711. The lowest BCUT2D eigenvalue weighted by atomic mass is 10.2. The summed E-state index contributed by atoms with van der Waals surface area (Å²) < 4.78 is 53.0. The number of anilines is 3. The Morgan fingerprint density at radius 2 is 1.71 bits per heavy atom. The molecule has 1 aromatic carbocycles. The highest BCUT2D eigenvalue weighted by Crippen LogP contribution is 2.27. The van der Waals surface area contributed by atoms with Gasteiger partial charge in [0.2, 0.25) is 0 Å². The fourth-order valence-corrected chi connectivity index (χ4v) is 1.53. The van der Waals surface area contributed by atoms with Crippen LogP contribution in [0.4, 0.5) is 34.8 Å². The van der Waals surface area contributed by atoms with Crippen LogP contribution in [0.15, 0.2) is 18.3 Å². The van der Waals surface area contributed by atoms with Crippen molar-refractivity contribution in [1.82, 2.24) is 4.98 Å². The normalized spacial score (nSPS) is 10.5. The van der Waals surface area contributed by atoms with E-state index in [1.165, 1.54) is 0 Å². The number of carboxylic acid groups (broad SMARTS) is 1. The van der Waals surface area contributed by atoms with Crippen LogP contribution in [0.1, 0.15) is 10.4 Å². The first-order valence-corrected chi connectivity index (χ1v) is 5.40. The third-order valence-corrected chi connectivity index (χ3v) is 2.53. The van der Waals surface area contributed by atoms with E-state index in [1.54, 1.807) is 0 Å². The lowest BCUT2D eigenvalue weighted by molar-refractivity contribution is 0.0698. The summed E-state index contributed by atoms with van der Waals surface area (Å²) in [4.78, 5) is 14.4.